The number of nitrogens with one attached hydrogen (secondary N) is 1. The molecule has 1 aromatic heterocycles. The van der Waals surface area contributed by atoms with Crippen LogP contribution in [0, 0.1) is 6.92 Å². The summed E-state index contributed by atoms with van der Waals surface area (Å²) >= 11 is 0. The number of carbonyl (C=O) groups excluding carboxylic acids is 1. The minimum absolute atomic E-state index is 0.0769. The molecule has 0 radical (unpaired) electrons. The van der Waals surface area contributed by atoms with Crippen LogP contribution >= 0.6 is 0 Å². The minimum Gasteiger partial charge on any atom is -0.310 e. The minimum atomic E-state index is -3.02. The first-order chi connectivity index (χ1) is 13.9. The molecule has 8 heteroatoms. The number of aryl methyl sites for hydroxylation is 1. The first kappa shape index (κ1) is 20.1. The van der Waals surface area contributed by atoms with E-state index in [-0.39, 0.29) is 23.5 Å². The average Bonchev–Trinajstić information content (AvgIpc) is 3.35. The monoisotopic (exact) mass is 416 g/mol. The molecule has 0 aliphatic carbocycles. The van der Waals surface area contributed by atoms with Crippen molar-refractivity contribution < 1.29 is 13.2 Å². The second-order valence-electron chi connectivity index (χ2n) is 8.18. The number of nitrogens with zero attached hydrogens (tertiary/aromatic N) is 3. The molecular weight excluding hydrogens is 388 g/mol. The van der Waals surface area contributed by atoms with Gasteiger partial charge in [0.2, 0.25) is 5.91 Å². The third kappa shape index (κ3) is 4.87. The number of likely N-dealkylation sites (tertiary alicyclic amines) is 1. The highest BCUT2D eigenvalue weighted by atomic mass is 32.2. The van der Waals surface area contributed by atoms with Gasteiger partial charge in [0.15, 0.2) is 9.84 Å². The van der Waals surface area contributed by atoms with Crippen molar-refractivity contribution in [1.29, 1.82) is 0 Å². The molecule has 2 unspecified atom stereocenters. The van der Waals surface area contributed by atoms with E-state index >= 15 is 0 Å². The maximum Gasteiger partial charge on any atom is 0.239 e. The summed E-state index contributed by atoms with van der Waals surface area (Å²) in [4.78, 5) is 15.0. The fraction of sp³-hybridized carbons (Fsp3) is 0.524. The molecule has 1 aromatic carbocycles. The molecule has 29 heavy (non-hydrogen) atoms. The molecule has 4 rings (SSSR count). The van der Waals surface area contributed by atoms with E-state index in [2.05, 4.69) is 27.4 Å². The largest absolute Gasteiger partial charge is 0.310 e. The van der Waals surface area contributed by atoms with Gasteiger partial charge in [0.1, 0.15) is 5.82 Å². The van der Waals surface area contributed by atoms with Crippen LogP contribution in [0.4, 0.5) is 5.82 Å². The van der Waals surface area contributed by atoms with Crippen LogP contribution < -0.4 is 5.32 Å². The molecule has 0 spiro atoms. The second-order valence-corrected chi connectivity index (χ2v) is 10.4. The van der Waals surface area contributed by atoms with Gasteiger partial charge in [-0.3, -0.25) is 9.69 Å². The smallest absolute Gasteiger partial charge is 0.239 e. The highest BCUT2D eigenvalue weighted by Gasteiger charge is 2.32. The summed E-state index contributed by atoms with van der Waals surface area (Å²) in [5, 5.41) is 7.41. The van der Waals surface area contributed by atoms with Gasteiger partial charge in [-0.15, -0.1) is 0 Å². The Morgan fingerprint density at radius 3 is 2.76 bits per heavy atom. The Labute approximate surface area is 172 Å². The Bertz CT molecular complexity index is 971. The molecule has 0 bridgehead atoms. The van der Waals surface area contributed by atoms with Crippen molar-refractivity contribution in [2.75, 3.05) is 29.9 Å². The average molecular weight is 417 g/mol. The molecule has 156 valence electrons. The number of amides is 1. The van der Waals surface area contributed by atoms with Crippen LogP contribution in [0.5, 0.6) is 0 Å². The SMILES string of the molecule is Cc1cc(NC(=O)CN2CCCC2Cc2ccccc2)n(C2CCS(=O)(=O)C2)n1. The Hall–Kier alpha value is -2.19. The molecule has 0 saturated carbocycles. The van der Waals surface area contributed by atoms with Crippen LogP contribution in [-0.2, 0) is 21.1 Å². The fourth-order valence-corrected chi connectivity index (χ4v) is 6.14. The van der Waals surface area contributed by atoms with E-state index in [0.717, 1.165) is 31.5 Å². The van der Waals surface area contributed by atoms with Gasteiger partial charge in [-0.2, -0.15) is 5.10 Å². The van der Waals surface area contributed by atoms with Crippen molar-refractivity contribution in [3.05, 3.63) is 47.7 Å². The van der Waals surface area contributed by atoms with Gasteiger partial charge >= 0.3 is 0 Å². The quantitative estimate of drug-likeness (QED) is 0.780. The number of benzene rings is 1. The number of anilines is 1. The van der Waals surface area contributed by atoms with E-state index in [0.29, 0.717) is 24.8 Å². The Morgan fingerprint density at radius 1 is 1.24 bits per heavy atom. The van der Waals surface area contributed by atoms with Gasteiger partial charge in [-0.25, -0.2) is 13.1 Å². The van der Waals surface area contributed by atoms with E-state index in [4.69, 9.17) is 0 Å². The van der Waals surface area contributed by atoms with E-state index in [9.17, 15) is 13.2 Å². The summed E-state index contributed by atoms with van der Waals surface area (Å²) < 4.78 is 25.4. The highest BCUT2D eigenvalue weighted by Crippen LogP contribution is 2.27. The topological polar surface area (TPSA) is 84.3 Å². The van der Waals surface area contributed by atoms with Gasteiger partial charge in [-0.1, -0.05) is 30.3 Å². The summed E-state index contributed by atoms with van der Waals surface area (Å²) in [5.74, 6) is 0.779. The molecule has 2 atom stereocenters. The highest BCUT2D eigenvalue weighted by molar-refractivity contribution is 7.91. The summed E-state index contributed by atoms with van der Waals surface area (Å²) in [5.41, 5.74) is 2.06. The fourth-order valence-electron chi connectivity index (χ4n) is 4.44. The van der Waals surface area contributed by atoms with Crippen molar-refractivity contribution in [3.8, 4) is 0 Å². The lowest BCUT2D eigenvalue weighted by atomic mass is 10.0. The van der Waals surface area contributed by atoms with Crippen molar-refractivity contribution in [3.63, 3.8) is 0 Å². The molecule has 2 aromatic rings. The second kappa shape index (κ2) is 8.28. The standard InChI is InChI=1S/C21H28N4O3S/c1-16-12-20(25(23-16)19-9-11-29(27,28)15-19)22-21(26)14-24-10-5-8-18(24)13-17-6-3-2-4-7-17/h2-4,6-7,12,18-19H,5,8-11,13-15H2,1H3,(H,22,26). The van der Waals surface area contributed by atoms with E-state index in [1.165, 1.54) is 5.56 Å². The predicted molar refractivity (Wildman–Crippen MR) is 113 cm³/mol. The molecule has 1 N–H and O–H groups in total. The van der Waals surface area contributed by atoms with Gasteiger partial charge in [0.05, 0.1) is 29.8 Å². The van der Waals surface area contributed by atoms with Crippen LogP contribution in [0.3, 0.4) is 0 Å². The summed E-state index contributed by atoms with van der Waals surface area (Å²) in [6.07, 6.45) is 3.68. The number of carbonyl (C=O) groups is 1. The van der Waals surface area contributed by atoms with Crippen molar-refractivity contribution in [2.24, 2.45) is 0 Å². The molecular formula is C21H28N4O3S. The van der Waals surface area contributed by atoms with Crippen molar-refractivity contribution in [2.45, 2.75) is 44.7 Å². The number of rotatable bonds is 6. The number of hydrogen-bond acceptors (Lipinski definition) is 5. The molecule has 7 nitrogen and oxygen atoms in total. The van der Waals surface area contributed by atoms with Crippen LogP contribution in [0.25, 0.3) is 0 Å². The molecule has 2 aliphatic rings. The lowest BCUT2D eigenvalue weighted by molar-refractivity contribution is -0.117. The normalized spacial score (nSPS) is 24.0. The number of hydrogen-bond donors (Lipinski definition) is 1. The Balaban J connectivity index is 1.40. The number of sulfone groups is 1. The predicted octanol–water partition coefficient (Wildman–Crippen LogP) is 2.20. The third-order valence-corrected chi connectivity index (χ3v) is 7.59. The Morgan fingerprint density at radius 2 is 2.03 bits per heavy atom. The molecule has 2 saturated heterocycles. The first-order valence-electron chi connectivity index (χ1n) is 10.2. The lowest BCUT2D eigenvalue weighted by Crippen LogP contribution is -2.38. The molecule has 2 fully saturated rings. The molecule has 2 aliphatic heterocycles. The van der Waals surface area contributed by atoms with E-state index in [1.807, 2.05) is 31.2 Å². The van der Waals surface area contributed by atoms with Crippen LogP contribution in [0.15, 0.2) is 36.4 Å². The summed E-state index contributed by atoms with van der Waals surface area (Å²) in [6.45, 7) is 3.11. The van der Waals surface area contributed by atoms with Gasteiger partial charge in [0, 0.05) is 12.1 Å². The van der Waals surface area contributed by atoms with Crippen LogP contribution in [-0.4, -0.2) is 59.6 Å². The third-order valence-electron chi connectivity index (χ3n) is 5.84. The zero-order chi connectivity index (χ0) is 20.4. The van der Waals surface area contributed by atoms with Crippen molar-refractivity contribution >= 4 is 21.6 Å². The van der Waals surface area contributed by atoms with E-state index < -0.39 is 9.84 Å². The first-order valence-corrected chi connectivity index (χ1v) is 12.1. The zero-order valence-electron chi connectivity index (χ0n) is 16.8. The zero-order valence-corrected chi connectivity index (χ0v) is 17.6. The summed E-state index contributed by atoms with van der Waals surface area (Å²) in [7, 11) is -3.02. The van der Waals surface area contributed by atoms with Crippen LogP contribution in [0.1, 0.15) is 36.6 Å². The number of aromatic nitrogens is 2. The molecule has 1 amide bonds. The van der Waals surface area contributed by atoms with Crippen LogP contribution in [0.2, 0.25) is 0 Å². The maximum absolute atomic E-state index is 12.8. The summed E-state index contributed by atoms with van der Waals surface area (Å²) in [6, 6.07) is 12.4. The van der Waals surface area contributed by atoms with Gasteiger partial charge < -0.3 is 5.32 Å². The van der Waals surface area contributed by atoms with Gasteiger partial charge in [-0.05, 0) is 44.7 Å². The molecule has 3 heterocycles. The van der Waals surface area contributed by atoms with E-state index in [1.54, 1.807) is 4.68 Å². The maximum atomic E-state index is 12.8. The Kier molecular flexibility index (Phi) is 5.74. The van der Waals surface area contributed by atoms with Gasteiger partial charge in [0.25, 0.3) is 0 Å². The lowest BCUT2D eigenvalue weighted by Gasteiger charge is -2.24. The van der Waals surface area contributed by atoms with Crippen molar-refractivity contribution in [1.82, 2.24) is 14.7 Å².